The molecule has 0 radical (unpaired) electrons. The molecule has 1 unspecified atom stereocenters. The number of ether oxygens (including phenoxy) is 3. The smallest absolute Gasteiger partial charge is 0.430 e. The van der Waals surface area contributed by atoms with E-state index in [-0.39, 0.29) is 22.7 Å². The van der Waals surface area contributed by atoms with Crippen molar-refractivity contribution in [3.63, 3.8) is 0 Å². The maximum absolute atomic E-state index is 13.8. The number of hydrogen-bond acceptors (Lipinski definition) is 11. The van der Waals surface area contributed by atoms with Gasteiger partial charge >= 0.3 is 12.1 Å². The van der Waals surface area contributed by atoms with Crippen LogP contribution in [-0.4, -0.2) is 76.6 Å². The standard InChI is InChI=1S/C32H43N3O9S2/c1-17-23(22-15-34-16-33-28(30(34)45-22)46(4,40)41)26(35-25(17)24(18(2)36)29(35)37)31(38)42-19(3)43-32(39)44-27(20-11-7-5-8-12-20)21-13-9-6-10-14-21/h15-21,24-25,27,36H,5-14H2,1-4H3/t17-,18+,19?,24+,25+/m0/s1. The number of amides is 1. The summed E-state index contributed by atoms with van der Waals surface area (Å²) < 4.78 is 43.3. The second-order valence-electron chi connectivity index (χ2n) is 13.4. The van der Waals surface area contributed by atoms with Crippen molar-refractivity contribution in [3.05, 3.63) is 23.1 Å². The van der Waals surface area contributed by atoms with Gasteiger partial charge in [-0.2, -0.15) is 0 Å². The Balaban J connectivity index is 1.23. The molecule has 0 spiro atoms. The number of nitrogens with zero attached hydrogens (tertiary/aromatic N) is 3. The Morgan fingerprint density at radius 1 is 1.00 bits per heavy atom. The van der Waals surface area contributed by atoms with Gasteiger partial charge in [-0.3, -0.25) is 9.20 Å². The molecule has 0 aromatic carbocycles. The van der Waals surface area contributed by atoms with Crippen LogP contribution in [0.1, 0.15) is 89.9 Å². The number of imidazole rings is 1. The van der Waals surface area contributed by atoms with E-state index in [1.54, 1.807) is 10.6 Å². The highest BCUT2D eigenvalue weighted by atomic mass is 32.2. The van der Waals surface area contributed by atoms with Gasteiger partial charge in [0.05, 0.1) is 22.9 Å². The summed E-state index contributed by atoms with van der Waals surface area (Å²) >= 11 is 1.14. The number of carbonyl (C=O) groups is 3. The van der Waals surface area contributed by atoms with Crippen LogP contribution in [0.15, 0.2) is 23.2 Å². The van der Waals surface area contributed by atoms with Gasteiger partial charge in [0.1, 0.15) is 23.0 Å². The fourth-order valence-corrected chi connectivity index (χ4v) is 10.4. The molecule has 1 N–H and O–H groups in total. The number of carbonyl (C=O) groups excluding carboxylic acids is 3. The molecule has 1 saturated heterocycles. The first kappa shape index (κ1) is 33.0. The van der Waals surface area contributed by atoms with Gasteiger partial charge in [0.2, 0.25) is 12.2 Å². The molecule has 2 aliphatic heterocycles. The average molecular weight is 678 g/mol. The van der Waals surface area contributed by atoms with E-state index in [4.69, 9.17) is 14.2 Å². The second kappa shape index (κ2) is 12.9. The van der Waals surface area contributed by atoms with E-state index in [9.17, 15) is 27.9 Å². The largest absolute Gasteiger partial charge is 0.511 e. The number of sulfone groups is 1. The van der Waals surface area contributed by atoms with E-state index in [1.165, 1.54) is 37.9 Å². The van der Waals surface area contributed by atoms with Crippen LogP contribution in [0, 0.1) is 23.7 Å². The van der Waals surface area contributed by atoms with Crippen LogP contribution in [0.5, 0.6) is 0 Å². The normalized spacial score (nSPS) is 25.8. The minimum Gasteiger partial charge on any atom is -0.430 e. The van der Waals surface area contributed by atoms with E-state index in [0.717, 1.165) is 69.0 Å². The van der Waals surface area contributed by atoms with Gasteiger partial charge in [-0.25, -0.2) is 23.0 Å². The zero-order chi connectivity index (χ0) is 32.9. The highest BCUT2D eigenvalue weighted by Gasteiger charge is 2.60. The van der Waals surface area contributed by atoms with E-state index < -0.39 is 52.2 Å². The lowest BCUT2D eigenvalue weighted by atomic mass is 9.75. The molecule has 2 aromatic heterocycles. The SMILES string of the molecule is CC(OC(=O)OC(C1CCCCC1)C1CCCCC1)OC(=O)C1=C(c2cn3cnc(S(C)(=O)=O)c3s2)[C@H](C)[C@@H]2[C@@H]([C@@H](C)O)C(=O)N12. The summed E-state index contributed by atoms with van der Waals surface area (Å²) in [5.74, 6) is -1.78. The first-order chi connectivity index (χ1) is 21.9. The molecule has 0 bridgehead atoms. The summed E-state index contributed by atoms with van der Waals surface area (Å²) in [6.45, 7) is 4.83. The molecule has 1 amide bonds. The zero-order valence-corrected chi connectivity index (χ0v) is 28.3. The Kier molecular flexibility index (Phi) is 9.25. The number of aliphatic hydroxyl groups excluding tert-OH is 1. The maximum atomic E-state index is 13.8. The molecule has 2 saturated carbocycles. The number of rotatable bonds is 9. The van der Waals surface area contributed by atoms with Gasteiger partial charge in [0.25, 0.3) is 0 Å². The molecule has 14 heteroatoms. The summed E-state index contributed by atoms with van der Waals surface area (Å²) in [5, 5.41) is 10.3. The minimum absolute atomic E-state index is 0.0103. The summed E-state index contributed by atoms with van der Waals surface area (Å²) in [6.07, 6.45) is 11.7. The van der Waals surface area contributed by atoms with E-state index >= 15 is 0 Å². The Labute approximate surface area is 273 Å². The predicted octanol–water partition coefficient (Wildman–Crippen LogP) is 4.94. The lowest BCUT2D eigenvalue weighted by Crippen LogP contribution is -2.63. The van der Waals surface area contributed by atoms with Crippen LogP contribution in [0.4, 0.5) is 4.79 Å². The molecule has 2 aliphatic carbocycles. The number of aromatic nitrogens is 2. The molecule has 3 fully saturated rings. The van der Waals surface area contributed by atoms with Gasteiger partial charge in [-0.05, 0) is 44.4 Å². The van der Waals surface area contributed by atoms with Gasteiger partial charge in [0, 0.05) is 30.9 Å². The summed E-state index contributed by atoms with van der Waals surface area (Å²) in [4.78, 5) is 46.4. The van der Waals surface area contributed by atoms with Gasteiger partial charge in [0.15, 0.2) is 14.9 Å². The molecule has 252 valence electrons. The number of β-lactam (4-membered cyclic amide) rings is 1. The number of hydrogen-bond donors (Lipinski definition) is 1. The van der Waals surface area contributed by atoms with Crippen molar-refractivity contribution < 1.29 is 42.1 Å². The highest BCUT2D eigenvalue weighted by Crippen LogP contribution is 2.52. The van der Waals surface area contributed by atoms with Crippen molar-refractivity contribution in [1.82, 2.24) is 14.3 Å². The van der Waals surface area contributed by atoms with E-state index in [0.29, 0.717) is 27.1 Å². The Hall–Kier alpha value is -2.97. The van der Waals surface area contributed by atoms with Crippen molar-refractivity contribution in [2.75, 3.05) is 6.26 Å². The van der Waals surface area contributed by atoms with Gasteiger partial charge < -0.3 is 24.2 Å². The molecular formula is C32H43N3O9S2. The van der Waals surface area contributed by atoms with E-state index in [2.05, 4.69) is 4.98 Å². The summed E-state index contributed by atoms with van der Waals surface area (Å²) in [6, 6.07) is -0.494. The number of aliphatic hydroxyl groups is 1. The average Bonchev–Trinajstić information content (AvgIpc) is 3.66. The molecule has 6 rings (SSSR count). The summed E-state index contributed by atoms with van der Waals surface area (Å²) in [7, 11) is -3.62. The number of fused-ring (bicyclic) bond motifs is 2. The Morgan fingerprint density at radius 2 is 1.61 bits per heavy atom. The third-order valence-electron chi connectivity index (χ3n) is 10.2. The topological polar surface area (TPSA) is 154 Å². The highest BCUT2D eigenvalue weighted by molar-refractivity contribution is 7.91. The number of esters is 1. The van der Waals surface area contributed by atoms with Crippen LogP contribution in [0.3, 0.4) is 0 Å². The van der Waals surface area contributed by atoms with Crippen LogP contribution < -0.4 is 0 Å². The van der Waals surface area contributed by atoms with Crippen molar-refractivity contribution in [1.29, 1.82) is 0 Å². The zero-order valence-electron chi connectivity index (χ0n) is 26.7. The van der Waals surface area contributed by atoms with Gasteiger partial charge in [-0.1, -0.05) is 45.4 Å². The second-order valence-corrected chi connectivity index (χ2v) is 16.3. The van der Waals surface area contributed by atoms with Crippen LogP contribution >= 0.6 is 11.3 Å². The van der Waals surface area contributed by atoms with Crippen LogP contribution in [0.2, 0.25) is 0 Å². The molecule has 2 aromatic rings. The van der Waals surface area contributed by atoms with E-state index in [1.807, 2.05) is 6.92 Å². The van der Waals surface area contributed by atoms with Crippen molar-refractivity contribution in [3.8, 4) is 0 Å². The fourth-order valence-electron chi connectivity index (χ4n) is 8.05. The first-order valence-corrected chi connectivity index (χ1v) is 19.1. The number of thiazole rings is 1. The molecule has 5 atom stereocenters. The monoisotopic (exact) mass is 677 g/mol. The maximum Gasteiger partial charge on any atom is 0.511 e. The van der Waals surface area contributed by atoms with Crippen molar-refractivity contribution >= 4 is 49.6 Å². The third-order valence-corrected chi connectivity index (χ3v) is 12.4. The van der Waals surface area contributed by atoms with Crippen LogP contribution in [0.25, 0.3) is 10.4 Å². The Morgan fingerprint density at radius 3 is 2.17 bits per heavy atom. The molecule has 4 heterocycles. The molecule has 4 aliphatic rings. The molecule has 46 heavy (non-hydrogen) atoms. The van der Waals surface area contributed by atoms with Crippen molar-refractivity contribution in [2.24, 2.45) is 23.7 Å². The molecule has 12 nitrogen and oxygen atoms in total. The quantitative estimate of drug-likeness (QED) is 0.219. The lowest BCUT2D eigenvalue weighted by Gasteiger charge is -2.46. The van der Waals surface area contributed by atoms with Crippen LogP contribution in [-0.2, 0) is 33.6 Å². The third kappa shape index (κ3) is 6.08. The predicted molar refractivity (Wildman–Crippen MR) is 168 cm³/mol. The van der Waals surface area contributed by atoms with Gasteiger partial charge in [-0.15, -0.1) is 11.3 Å². The van der Waals surface area contributed by atoms with Crippen molar-refractivity contribution in [2.45, 2.75) is 115 Å². The lowest BCUT2D eigenvalue weighted by molar-refractivity contribution is -0.175. The Bertz CT molecular complexity index is 1610. The fraction of sp³-hybridized carbons (Fsp3) is 0.688. The first-order valence-electron chi connectivity index (χ1n) is 16.4. The minimum atomic E-state index is -3.62. The summed E-state index contributed by atoms with van der Waals surface area (Å²) in [5.41, 5.74) is 0.480. The molecular weight excluding hydrogens is 634 g/mol.